The highest BCUT2D eigenvalue weighted by molar-refractivity contribution is 5.99. The molecule has 0 atom stereocenters. The number of rotatable bonds is 8. The van der Waals surface area contributed by atoms with Gasteiger partial charge in [0.2, 0.25) is 0 Å². The van der Waals surface area contributed by atoms with Crippen molar-refractivity contribution >= 4 is 28.3 Å². The van der Waals surface area contributed by atoms with Gasteiger partial charge in [0.05, 0.1) is 19.7 Å². The van der Waals surface area contributed by atoms with E-state index >= 15 is 0 Å². The first-order valence-corrected chi connectivity index (χ1v) is 10.5. The van der Waals surface area contributed by atoms with Gasteiger partial charge in [0.15, 0.2) is 28.9 Å². The minimum atomic E-state index is -0.592. The van der Waals surface area contributed by atoms with Gasteiger partial charge < -0.3 is 24.8 Å². The predicted molar refractivity (Wildman–Crippen MR) is 126 cm³/mol. The number of hydrogen-bond acceptors (Lipinski definition) is 7. The van der Waals surface area contributed by atoms with Crippen molar-refractivity contribution in [2.24, 2.45) is 7.05 Å². The summed E-state index contributed by atoms with van der Waals surface area (Å²) in [4.78, 5) is 16.6. The van der Waals surface area contributed by atoms with E-state index in [0.717, 1.165) is 0 Å². The lowest BCUT2D eigenvalue weighted by atomic mass is 10.2. The van der Waals surface area contributed by atoms with Gasteiger partial charge in [0.1, 0.15) is 11.3 Å². The second-order valence-electron chi connectivity index (χ2n) is 7.33. The molecule has 0 spiro atoms. The Kier molecular flexibility index (Phi) is 6.48. The molecule has 2 aromatic heterocycles. The second kappa shape index (κ2) is 9.65. The maximum Gasteiger partial charge on any atom is 0.256 e. The topological polar surface area (TPSA) is 99.5 Å². The van der Waals surface area contributed by atoms with E-state index in [-0.39, 0.29) is 11.7 Å². The average Bonchev–Trinajstić information content (AvgIpc) is 3.20. The number of aryl methyl sites for hydroxylation is 1. The molecule has 2 N–H and O–H groups in total. The van der Waals surface area contributed by atoms with Crippen LogP contribution in [0.1, 0.15) is 17.3 Å². The summed E-state index contributed by atoms with van der Waals surface area (Å²) in [6, 6.07) is 9.52. The van der Waals surface area contributed by atoms with E-state index < -0.39 is 5.82 Å². The molecule has 0 aliphatic carbocycles. The van der Waals surface area contributed by atoms with Crippen LogP contribution < -0.4 is 24.8 Å². The molecular weight excluding hydrogens is 441 g/mol. The smallest absolute Gasteiger partial charge is 0.256 e. The summed E-state index contributed by atoms with van der Waals surface area (Å²) >= 11 is 0. The van der Waals surface area contributed by atoms with E-state index in [1.54, 1.807) is 50.8 Å². The fourth-order valence-electron chi connectivity index (χ4n) is 3.46. The van der Waals surface area contributed by atoms with E-state index in [2.05, 4.69) is 20.7 Å². The number of benzene rings is 2. The molecule has 1 amide bonds. The van der Waals surface area contributed by atoms with Crippen LogP contribution in [0.3, 0.4) is 0 Å². The van der Waals surface area contributed by atoms with Gasteiger partial charge in [-0.1, -0.05) is 0 Å². The quantitative estimate of drug-likeness (QED) is 0.398. The fourth-order valence-corrected chi connectivity index (χ4v) is 3.46. The molecule has 2 heterocycles. The van der Waals surface area contributed by atoms with Crippen LogP contribution in [-0.2, 0) is 7.05 Å². The van der Waals surface area contributed by atoms with Gasteiger partial charge in [0, 0.05) is 49.2 Å². The molecule has 34 heavy (non-hydrogen) atoms. The average molecular weight is 465 g/mol. The van der Waals surface area contributed by atoms with Gasteiger partial charge in [-0.25, -0.2) is 4.39 Å². The number of ether oxygens (including phenoxy) is 3. The lowest BCUT2D eigenvalue weighted by molar-refractivity contribution is 0.0956. The summed E-state index contributed by atoms with van der Waals surface area (Å²) in [5.41, 5.74) is 1.39. The van der Waals surface area contributed by atoms with Crippen LogP contribution in [0.25, 0.3) is 10.9 Å². The third-order valence-electron chi connectivity index (χ3n) is 5.03. The molecule has 0 unspecified atom stereocenters. The zero-order valence-electron chi connectivity index (χ0n) is 19.2. The molecule has 176 valence electrons. The molecule has 0 fully saturated rings. The molecule has 0 radical (unpaired) electrons. The molecule has 0 aliphatic rings. The van der Waals surface area contributed by atoms with Gasteiger partial charge in [-0.05, 0) is 31.2 Å². The number of hydrogen-bond donors (Lipinski definition) is 2. The number of carbonyl (C=O) groups excluding carboxylic acids is 1. The third kappa shape index (κ3) is 4.56. The summed E-state index contributed by atoms with van der Waals surface area (Å²) in [5, 5.41) is 10.6. The third-order valence-corrected chi connectivity index (χ3v) is 5.03. The molecule has 4 rings (SSSR count). The Morgan fingerprint density at radius 1 is 1.06 bits per heavy atom. The van der Waals surface area contributed by atoms with Crippen molar-refractivity contribution in [3.05, 3.63) is 60.2 Å². The van der Waals surface area contributed by atoms with Crippen molar-refractivity contribution in [1.82, 2.24) is 20.1 Å². The van der Waals surface area contributed by atoms with Crippen LogP contribution >= 0.6 is 0 Å². The number of nitrogens with zero attached hydrogens (tertiary/aromatic N) is 3. The Hall–Kier alpha value is -4.34. The van der Waals surface area contributed by atoms with Crippen molar-refractivity contribution in [1.29, 1.82) is 0 Å². The molecule has 10 heteroatoms. The number of carbonyl (C=O) groups is 1. The van der Waals surface area contributed by atoms with E-state index in [1.807, 2.05) is 6.92 Å². The standard InChI is InChI=1S/C24H24FN5O4/c1-5-26-24(31)16-13-30(2)29-23(16)28-14-6-7-20(17(25)10-14)34-19-8-9-27-18-12-22(33-4)21(32-3)11-15(18)19/h6-13H,5H2,1-4H3,(H,26,31)(H,28,29). The minimum Gasteiger partial charge on any atom is -0.493 e. The number of fused-ring (bicyclic) bond motifs is 1. The Labute approximate surface area is 195 Å². The fraction of sp³-hybridized carbons (Fsp3) is 0.208. The summed E-state index contributed by atoms with van der Waals surface area (Å²) in [6.07, 6.45) is 3.17. The Morgan fingerprint density at radius 3 is 2.53 bits per heavy atom. The second-order valence-corrected chi connectivity index (χ2v) is 7.33. The number of nitrogens with one attached hydrogen (secondary N) is 2. The highest BCUT2D eigenvalue weighted by Gasteiger charge is 2.17. The van der Waals surface area contributed by atoms with Crippen LogP contribution in [0.2, 0.25) is 0 Å². The first-order chi connectivity index (χ1) is 16.4. The van der Waals surface area contributed by atoms with Gasteiger partial charge in [-0.15, -0.1) is 0 Å². The summed E-state index contributed by atoms with van der Waals surface area (Å²) in [7, 11) is 4.78. The van der Waals surface area contributed by atoms with E-state index in [0.29, 0.717) is 51.8 Å². The molecule has 0 bridgehead atoms. The lowest BCUT2D eigenvalue weighted by Crippen LogP contribution is -2.23. The lowest BCUT2D eigenvalue weighted by Gasteiger charge is -2.13. The maximum absolute atomic E-state index is 15.0. The first-order valence-electron chi connectivity index (χ1n) is 10.5. The van der Waals surface area contributed by atoms with Gasteiger partial charge in [-0.2, -0.15) is 5.10 Å². The van der Waals surface area contributed by atoms with E-state index in [4.69, 9.17) is 14.2 Å². The van der Waals surface area contributed by atoms with Crippen molar-refractivity contribution < 1.29 is 23.4 Å². The highest BCUT2D eigenvalue weighted by atomic mass is 19.1. The number of methoxy groups -OCH3 is 2. The highest BCUT2D eigenvalue weighted by Crippen LogP contribution is 2.37. The molecule has 4 aromatic rings. The van der Waals surface area contributed by atoms with Crippen molar-refractivity contribution in [3.63, 3.8) is 0 Å². The van der Waals surface area contributed by atoms with E-state index in [1.165, 1.54) is 23.9 Å². The zero-order chi connectivity index (χ0) is 24.2. The van der Waals surface area contributed by atoms with Crippen LogP contribution in [-0.4, -0.2) is 41.4 Å². The number of aromatic nitrogens is 3. The van der Waals surface area contributed by atoms with Crippen LogP contribution in [0.15, 0.2) is 48.8 Å². The SMILES string of the molecule is CCNC(=O)c1cn(C)nc1Nc1ccc(Oc2ccnc3cc(OC)c(OC)cc23)c(F)c1. The van der Waals surface area contributed by atoms with Crippen LogP contribution in [0, 0.1) is 5.82 Å². The van der Waals surface area contributed by atoms with Crippen molar-refractivity contribution in [3.8, 4) is 23.0 Å². The van der Waals surface area contributed by atoms with Crippen molar-refractivity contribution in [2.45, 2.75) is 6.92 Å². The summed E-state index contributed by atoms with van der Waals surface area (Å²) in [6.45, 7) is 2.31. The number of anilines is 2. The van der Waals surface area contributed by atoms with Gasteiger partial charge in [-0.3, -0.25) is 14.5 Å². The molecule has 0 saturated heterocycles. The molecule has 9 nitrogen and oxygen atoms in total. The summed E-state index contributed by atoms with van der Waals surface area (Å²) < 4.78 is 33.0. The monoisotopic (exact) mass is 465 g/mol. The molecule has 2 aromatic carbocycles. The van der Waals surface area contributed by atoms with Gasteiger partial charge in [0.25, 0.3) is 5.91 Å². The number of halogens is 1. The minimum absolute atomic E-state index is 0.0257. The van der Waals surface area contributed by atoms with Gasteiger partial charge >= 0.3 is 0 Å². The predicted octanol–water partition coefficient (Wildman–Crippen LogP) is 4.41. The summed E-state index contributed by atoms with van der Waals surface area (Å²) in [5.74, 6) is 0.935. The number of pyridine rings is 1. The normalized spacial score (nSPS) is 10.7. The number of amides is 1. The molecule has 0 aliphatic heterocycles. The molecule has 0 saturated carbocycles. The maximum atomic E-state index is 15.0. The Balaban J connectivity index is 1.61. The zero-order valence-corrected chi connectivity index (χ0v) is 19.2. The molecular formula is C24H24FN5O4. The largest absolute Gasteiger partial charge is 0.493 e. The van der Waals surface area contributed by atoms with E-state index in [9.17, 15) is 9.18 Å². The van der Waals surface area contributed by atoms with Crippen molar-refractivity contribution in [2.75, 3.05) is 26.1 Å². The Bertz CT molecular complexity index is 1350. The first kappa shape index (κ1) is 22.8. The van der Waals surface area contributed by atoms with Crippen LogP contribution in [0.5, 0.6) is 23.0 Å². The Morgan fingerprint density at radius 2 is 1.82 bits per heavy atom. The van der Waals surface area contributed by atoms with Crippen LogP contribution in [0.4, 0.5) is 15.9 Å².